The van der Waals surface area contributed by atoms with Gasteiger partial charge in [0, 0.05) is 23.8 Å². The summed E-state index contributed by atoms with van der Waals surface area (Å²) in [6, 6.07) is 3.67. The van der Waals surface area contributed by atoms with Gasteiger partial charge in [-0.3, -0.25) is 9.78 Å². The van der Waals surface area contributed by atoms with E-state index >= 15 is 0 Å². The molecule has 0 N–H and O–H groups in total. The van der Waals surface area contributed by atoms with Crippen molar-refractivity contribution >= 4 is 28.0 Å². The lowest BCUT2D eigenvalue weighted by Crippen LogP contribution is -2.47. The van der Waals surface area contributed by atoms with E-state index in [0.717, 1.165) is 4.47 Å². The Morgan fingerprint density at radius 1 is 1.32 bits per heavy atom. The first-order valence-corrected chi connectivity index (χ1v) is 9.15. The maximum atomic E-state index is 12.5. The number of pyridine rings is 1. The number of likely N-dealkylation sites (tertiary alicyclic amines) is 1. The topological polar surface area (TPSA) is 68.7 Å². The van der Waals surface area contributed by atoms with E-state index in [1.165, 1.54) is 0 Å². The van der Waals surface area contributed by atoms with Crippen LogP contribution in [-0.4, -0.2) is 40.6 Å². The number of carbonyl (C=O) groups is 2. The summed E-state index contributed by atoms with van der Waals surface area (Å²) in [5, 5.41) is 0. The number of halogens is 1. The van der Waals surface area contributed by atoms with Crippen LogP contribution in [0.1, 0.15) is 46.2 Å². The molecule has 2 rings (SSSR count). The van der Waals surface area contributed by atoms with Crippen molar-refractivity contribution in [1.82, 2.24) is 9.88 Å². The van der Waals surface area contributed by atoms with Crippen LogP contribution in [0.4, 0.5) is 4.79 Å². The van der Waals surface area contributed by atoms with Gasteiger partial charge in [0.2, 0.25) is 0 Å². The summed E-state index contributed by atoms with van der Waals surface area (Å²) < 4.78 is 11.7. The molecule has 1 aliphatic rings. The molecule has 0 aliphatic carbocycles. The van der Waals surface area contributed by atoms with Gasteiger partial charge in [0.25, 0.3) is 0 Å². The fraction of sp³-hybridized carbons (Fsp3) is 0.611. The Labute approximate surface area is 157 Å². The molecular weight excluding hydrogens is 388 g/mol. The molecule has 0 radical (unpaired) electrons. The molecule has 0 unspecified atom stereocenters. The highest BCUT2D eigenvalue weighted by Gasteiger charge is 2.40. The number of aromatic nitrogens is 1. The third-order valence-electron chi connectivity index (χ3n) is 4.19. The smallest absolute Gasteiger partial charge is 0.410 e. The van der Waals surface area contributed by atoms with E-state index in [1.807, 2.05) is 39.8 Å². The van der Waals surface area contributed by atoms with E-state index < -0.39 is 11.0 Å². The highest BCUT2D eigenvalue weighted by Crippen LogP contribution is 2.33. The normalized spacial score (nSPS) is 17.1. The summed E-state index contributed by atoms with van der Waals surface area (Å²) in [4.78, 5) is 30.5. The standard InChI is InChI=1S/C18H25BrN2O4/c1-17(2,3)25-16(23)21-10-7-18(4,8-11-21)15(22)24-12-14-13(19)6-5-9-20-14/h5-6,9H,7-8,10-12H2,1-4H3. The molecule has 1 aromatic rings. The van der Waals surface area contributed by atoms with Crippen molar-refractivity contribution in [3.63, 3.8) is 0 Å². The quantitative estimate of drug-likeness (QED) is 0.703. The number of nitrogens with zero attached hydrogens (tertiary/aromatic N) is 2. The molecule has 0 saturated carbocycles. The molecule has 138 valence electrons. The second kappa shape index (κ2) is 7.72. The lowest BCUT2D eigenvalue weighted by atomic mass is 9.80. The van der Waals surface area contributed by atoms with Crippen molar-refractivity contribution in [2.75, 3.05) is 13.1 Å². The minimum absolute atomic E-state index is 0.131. The van der Waals surface area contributed by atoms with Crippen molar-refractivity contribution in [3.05, 3.63) is 28.5 Å². The molecule has 7 heteroatoms. The second-order valence-electron chi connectivity index (χ2n) is 7.54. The van der Waals surface area contributed by atoms with Gasteiger partial charge in [0.15, 0.2) is 0 Å². The van der Waals surface area contributed by atoms with Crippen LogP contribution in [0, 0.1) is 5.41 Å². The fourth-order valence-electron chi connectivity index (χ4n) is 2.55. The minimum atomic E-state index is -0.597. The average molecular weight is 413 g/mol. The molecule has 1 aromatic heterocycles. The Morgan fingerprint density at radius 2 is 1.96 bits per heavy atom. The summed E-state index contributed by atoms with van der Waals surface area (Å²) in [6.07, 6.45) is 2.43. The molecule has 0 aromatic carbocycles. The average Bonchev–Trinajstić information content (AvgIpc) is 2.52. The highest BCUT2D eigenvalue weighted by molar-refractivity contribution is 9.10. The highest BCUT2D eigenvalue weighted by atomic mass is 79.9. The van der Waals surface area contributed by atoms with Gasteiger partial charge in [-0.05, 0) is 68.6 Å². The van der Waals surface area contributed by atoms with Gasteiger partial charge in [-0.1, -0.05) is 0 Å². The molecule has 6 nitrogen and oxygen atoms in total. The summed E-state index contributed by atoms with van der Waals surface area (Å²) in [7, 11) is 0. The Balaban J connectivity index is 1.88. The maximum Gasteiger partial charge on any atom is 0.410 e. The Bertz CT molecular complexity index is 634. The van der Waals surface area contributed by atoms with E-state index in [9.17, 15) is 9.59 Å². The lowest BCUT2D eigenvalue weighted by molar-refractivity contribution is -0.159. The van der Waals surface area contributed by atoms with E-state index in [0.29, 0.717) is 31.6 Å². The monoisotopic (exact) mass is 412 g/mol. The van der Waals surface area contributed by atoms with Gasteiger partial charge >= 0.3 is 12.1 Å². The molecular formula is C18H25BrN2O4. The SMILES string of the molecule is CC(C)(C)OC(=O)N1CCC(C)(C(=O)OCc2ncccc2Br)CC1. The third kappa shape index (κ3) is 5.42. The van der Waals surface area contributed by atoms with Crippen LogP contribution < -0.4 is 0 Å². The van der Waals surface area contributed by atoms with Crippen LogP contribution >= 0.6 is 15.9 Å². The van der Waals surface area contributed by atoms with Crippen molar-refractivity contribution in [2.45, 2.75) is 52.7 Å². The van der Waals surface area contributed by atoms with E-state index in [-0.39, 0.29) is 18.7 Å². The summed E-state index contributed by atoms with van der Waals surface area (Å²) in [5.41, 5.74) is -0.433. The van der Waals surface area contributed by atoms with E-state index in [4.69, 9.17) is 9.47 Å². The zero-order valence-electron chi connectivity index (χ0n) is 15.2. The van der Waals surface area contributed by atoms with Crippen LogP contribution in [0.25, 0.3) is 0 Å². The van der Waals surface area contributed by atoms with Gasteiger partial charge in [-0.2, -0.15) is 0 Å². The fourth-order valence-corrected chi connectivity index (χ4v) is 2.92. The van der Waals surface area contributed by atoms with Crippen LogP contribution in [-0.2, 0) is 20.9 Å². The van der Waals surface area contributed by atoms with Gasteiger partial charge in [-0.15, -0.1) is 0 Å². The molecule has 1 amide bonds. The second-order valence-corrected chi connectivity index (χ2v) is 8.39. The van der Waals surface area contributed by atoms with Crippen molar-refractivity contribution in [2.24, 2.45) is 5.41 Å². The first-order valence-electron chi connectivity index (χ1n) is 8.35. The van der Waals surface area contributed by atoms with Crippen molar-refractivity contribution in [1.29, 1.82) is 0 Å². The Morgan fingerprint density at radius 3 is 2.52 bits per heavy atom. The molecule has 0 spiro atoms. The van der Waals surface area contributed by atoms with Gasteiger partial charge in [0.1, 0.15) is 12.2 Å². The predicted octanol–water partition coefficient (Wildman–Crippen LogP) is 3.92. The van der Waals surface area contributed by atoms with Crippen LogP contribution in [0.15, 0.2) is 22.8 Å². The van der Waals surface area contributed by atoms with Crippen LogP contribution in [0.3, 0.4) is 0 Å². The van der Waals surface area contributed by atoms with Gasteiger partial charge in [-0.25, -0.2) is 4.79 Å². The Hall–Kier alpha value is -1.63. The number of piperidine rings is 1. The van der Waals surface area contributed by atoms with Gasteiger partial charge in [0.05, 0.1) is 11.1 Å². The molecule has 0 bridgehead atoms. The molecule has 0 atom stereocenters. The predicted molar refractivity (Wildman–Crippen MR) is 96.9 cm³/mol. The molecule has 1 saturated heterocycles. The zero-order chi connectivity index (χ0) is 18.7. The number of rotatable bonds is 3. The van der Waals surface area contributed by atoms with E-state index in [1.54, 1.807) is 11.1 Å². The zero-order valence-corrected chi connectivity index (χ0v) is 16.8. The number of amides is 1. The van der Waals surface area contributed by atoms with Crippen LogP contribution in [0.2, 0.25) is 0 Å². The number of esters is 1. The number of hydrogen-bond acceptors (Lipinski definition) is 5. The molecule has 2 heterocycles. The van der Waals surface area contributed by atoms with E-state index in [2.05, 4.69) is 20.9 Å². The first-order chi connectivity index (χ1) is 11.6. The lowest BCUT2D eigenvalue weighted by Gasteiger charge is -2.38. The molecule has 1 aliphatic heterocycles. The molecule has 1 fully saturated rings. The number of ether oxygens (including phenoxy) is 2. The summed E-state index contributed by atoms with van der Waals surface area (Å²) in [6.45, 7) is 8.49. The number of carbonyl (C=O) groups excluding carboxylic acids is 2. The largest absolute Gasteiger partial charge is 0.459 e. The number of hydrogen-bond donors (Lipinski definition) is 0. The van der Waals surface area contributed by atoms with Gasteiger partial charge < -0.3 is 14.4 Å². The third-order valence-corrected chi connectivity index (χ3v) is 4.91. The minimum Gasteiger partial charge on any atom is -0.459 e. The summed E-state index contributed by atoms with van der Waals surface area (Å²) >= 11 is 3.39. The van der Waals surface area contributed by atoms with Crippen molar-refractivity contribution < 1.29 is 19.1 Å². The molecule has 25 heavy (non-hydrogen) atoms. The van der Waals surface area contributed by atoms with Crippen molar-refractivity contribution in [3.8, 4) is 0 Å². The first kappa shape index (κ1) is 19.7. The maximum absolute atomic E-state index is 12.5. The summed E-state index contributed by atoms with van der Waals surface area (Å²) in [5.74, 6) is -0.256. The Kier molecular flexibility index (Phi) is 6.08. The van der Waals surface area contributed by atoms with Crippen LogP contribution in [0.5, 0.6) is 0 Å².